The molecule has 0 fully saturated rings. The summed E-state index contributed by atoms with van der Waals surface area (Å²) in [5.41, 5.74) is 0.329. The van der Waals surface area contributed by atoms with Gasteiger partial charge in [-0.05, 0) is 29.6 Å². The van der Waals surface area contributed by atoms with E-state index in [2.05, 4.69) is 0 Å². The Morgan fingerprint density at radius 1 is 1.28 bits per heavy atom. The van der Waals surface area contributed by atoms with Crippen LogP contribution in [0.15, 0.2) is 35.7 Å². The number of carboxylic acid groups (broad SMARTS) is 1. The zero-order chi connectivity index (χ0) is 13.1. The van der Waals surface area contributed by atoms with E-state index < -0.39 is 5.97 Å². The lowest BCUT2D eigenvalue weighted by atomic mass is 10.0. The fourth-order valence-corrected chi connectivity index (χ4v) is 2.24. The van der Waals surface area contributed by atoms with Crippen LogP contribution in [0.4, 0.5) is 0 Å². The van der Waals surface area contributed by atoms with E-state index in [-0.39, 0.29) is 16.9 Å². The largest absolute Gasteiger partial charge is 0.496 e. The van der Waals surface area contributed by atoms with E-state index in [1.165, 1.54) is 36.6 Å². The number of ether oxygens (including phenoxy) is 1. The summed E-state index contributed by atoms with van der Waals surface area (Å²) >= 11 is 1.31. The van der Waals surface area contributed by atoms with E-state index in [4.69, 9.17) is 9.84 Å². The molecule has 5 heteroatoms. The van der Waals surface area contributed by atoms with Gasteiger partial charge in [0.25, 0.3) is 0 Å². The van der Waals surface area contributed by atoms with Gasteiger partial charge in [0.15, 0.2) is 0 Å². The Morgan fingerprint density at radius 3 is 2.61 bits per heavy atom. The third-order valence-corrected chi connectivity index (χ3v) is 3.30. The lowest BCUT2D eigenvalue weighted by molar-refractivity contribution is 0.0697. The highest BCUT2D eigenvalue weighted by Crippen LogP contribution is 2.24. The standard InChI is InChI=1S/C13H10O4S/c1-17-10-5-4-8(13(15)16)7-9(10)12(14)11-3-2-6-18-11/h2-7H,1H3,(H,15,16). The van der Waals surface area contributed by atoms with E-state index >= 15 is 0 Å². The number of aromatic carboxylic acids is 1. The average Bonchev–Trinajstić information content (AvgIpc) is 2.90. The second kappa shape index (κ2) is 5.01. The molecule has 92 valence electrons. The number of hydrogen-bond donors (Lipinski definition) is 1. The van der Waals surface area contributed by atoms with Crippen molar-refractivity contribution < 1.29 is 19.4 Å². The molecule has 0 bridgehead atoms. The smallest absolute Gasteiger partial charge is 0.335 e. The fraction of sp³-hybridized carbons (Fsp3) is 0.0769. The van der Waals surface area contributed by atoms with Gasteiger partial charge in [0.1, 0.15) is 5.75 Å². The molecule has 0 saturated heterocycles. The van der Waals surface area contributed by atoms with Crippen LogP contribution < -0.4 is 4.74 Å². The second-order valence-corrected chi connectivity index (χ2v) is 4.47. The van der Waals surface area contributed by atoms with Gasteiger partial charge >= 0.3 is 5.97 Å². The van der Waals surface area contributed by atoms with Gasteiger partial charge in [-0.3, -0.25) is 4.79 Å². The van der Waals surface area contributed by atoms with Crippen molar-refractivity contribution in [3.63, 3.8) is 0 Å². The molecule has 0 aliphatic rings. The number of carbonyl (C=O) groups excluding carboxylic acids is 1. The van der Waals surface area contributed by atoms with Crippen LogP contribution in [0.2, 0.25) is 0 Å². The predicted molar refractivity (Wildman–Crippen MR) is 67.7 cm³/mol. The molecule has 0 aliphatic carbocycles. The van der Waals surface area contributed by atoms with Crippen LogP contribution in [0.25, 0.3) is 0 Å². The minimum absolute atomic E-state index is 0.0655. The molecule has 1 N–H and O–H groups in total. The number of ketones is 1. The van der Waals surface area contributed by atoms with Crippen molar-refractivity contribution in [1.82, 2.24) is 0 Å². The maximum Gasteiger partial charge on any atom is 0.335 e. The van der Waals surface area contributed by atoms with Gasteiger partial charge in [-0.15, -0.1) is 11.3 Å². The highest BCUT2D eigenvalue weighted by molar-refractivity contribution is 7.12. The lowest BCUT2D eigenvalue weighted by Gasteiger charge is -2.07. The molecule has 0 saturated carbocycles. The Hall–Kier alpha value is -2.14. The molecule has 2 rings (SSSR count). The van der Waals surface area contributed by atoms with E-state index in [0.717, 1.165) is 0 Å². The summed E-state index contributed by atoms with van der Waals surface area (Å²) < 4.78 is 5.09. The number of methoxy groups -OCH3 is 1. The average molecular weight is 262 g/mol. The molecular formula is C13H10O4S. The maximum atomic E-state index is 12.2. The van der Waals surface area contributed by atoms with Crippen LogP contribution in [0.1, 0.15) is 25.6 Å². The Bertz CT molecular complexity index is 587. The third-order valence-electron chi connectivity index (χ3n) is 2.44. The van der Waals surface area contributed by atoms with E-state index in [9.17, 15) is 9.59 Å². The first kappa shape index (κ1) is 12.3. The molecule has 1 heterocycles. The minimum Gasteiger partial charge on any atom is -0.496 e. The molecule has 2 aromatic rings. The van der Waals surface area contributed by atoms with Gasteiger partial charge < -0.3 is 9.84 Å². The topological polar surface area (TPSA) is 63.6 Å². The van der Waals surface area contributed by atoms with Crippen molar-refractivity contribution in [3.05, 3.63) is 51.7 Å². The Kier molecular flexibility index (Phi) is 3.43. The summed E-state index contributed by atoms with van der Waals surface area (Å²) in [5.74, 6) is -0.929. The van der Waals surface area contributed by atoms with Gasteiger partial charge in [-0.2, -0.15) is 0 Å². The molecule has 0 unspecified atom stereocenters. The van der Waals surface area contributed by atoms with Gasteiger partial charge in [-0.25, -0.2) is 4.79 Å². The van der Waals surface area contributed by atoms with Gasteiger partial charge in [0.2, 0.25) is 5.78 Å². The Morgan fingerprint density at radius 2 is 2.06 bits per heavy atom. The van der Waals surface area contributed by atoms with Crippen LogP contribution in [0.5, 0.6) is 5.75 Å². The van der Waals surface area contributed by atoms with Crippen LogP contribution in [-0.2, 0) is 0 Å². The zero-order valence-corrected chi connectivity index (χ0v) is 10.4. The molecule has 18 heavy (non-hydrogen) atoms. The number of thiophene rings is 1. The van der Waals surface area contributed by atoms with Crippen molar-refractivity contribution in [2.45, 2.75) is 0 Å². The van der Waals surface area contributed by atoms with E-state index in [1.54, 1.807) is 17.5 Å². The molecular weight excluding hydrogens is 252 g/mol. The Balaban J connectivity index is 2.50. The van der Waals surface area contributed by atoms with Gasteiger partial charge in [0, 0.05) is 0 Å². The number of hydrogen-bond acceptors (Lipinski definition) is 4. The quantitative estimate of drug-likeness (QED) is 0.860. The van der Waals surface area contributed by atoms with Gasteiger partial charge in [-0.1, -0.05) is 6.07 Å². The van der Waals surface area contributed by atoms with Crippen LogP contribution in [0, 0.1) is 0 Å². The number of carbonyl (C=O) groups is 2. The number of rotatable bonds is 4. The van der Waals surface area contributed by atoms with Crippen LogP contribution in [-0.4, -0.2) is 24.0 Å². The maximum absolute atomic E-state index is 12.2. The molecule has 0 amide bonds. The molecule has 0 radical (unpaired) electrons. The SMILES string of the molecule is COc1ccc(C(=O)O)cc1C(=O)c1cccs1. The normalized spacial score (nSPS) is 10.1. The summed E-state index contributed by atoms with van der Waals surface area (Å²) in [6.07, 6.45) is 0. The van der Waals surface area contributed by atoms with Crippen molar-refractivity contribution in [2.24, 2.45) is 0 Å². The first-order valence-electron chi connectivity index (χ1n) is 5.13. The molecule has 1 aromatic carbocycles. The molecule has 4 nitrogen and oxygen atoms in total. The summed E-state index contributed by atoms with van der Waals surface area (Å²) in [7, 11) is 1.45. The molecule has 0 spiro atoms. The Labute approximate surface area is 107 Å². The highest BCUT2D eigenvalue weighted by Gasteiger charge is 2.17. The fourth-order valence-electron chi connectivity index (χ4n) is 1.56. The number of carboxylic acids is 1. The number of benzene rings is 1. The third kappa shape index (κ3) is 2.26. The molecule has 0 atom stereocenters. The summed E-state index contributed by atoms with van der Waals surface area (Å²) in [4.78, 5) is 23.7. The second-order valence-electron chi connectivity index (χ2n) is 3.53. The van der Waals surface area contributed by atoms with Crippen molar-refractivity contribution in [1.29, 1.82) is 0 Å². The summed E-state index contributed by atoms with van der Waals surface area (Å²) in [5, 5.41) is 10.7. The summed E-state index contributed by atoms with van der Waals surface area (Å²) in [6.45, 7) is 0. The van der Waals surface area contributed by atoms with Gasteiger partial charge in [0.05, 0.1) is 23.1 Å². The van der Waals surface area contributed by atoms with Crippen molar-refractivity contribution in [2.75, 3.05) is 7.11 Å². The van der Waals surface area contributed by atoms with E-state index in [0.29, 0.717) is 10.6 Å². The van der Waals surface area contributed by atoms with E-state index in [1.807, 2.05) is 0 Å². The lowest BCUT2D eigenvalue weighted by Crippen LogP contribution is -2.05. The zero-order valence-electron chi connectivity index (χ0n) is 9.54. The summed E-state index contributed by atoms with van der Waals surface area (Å²) in [6, 6.07) is 7.70. The van der Waals surface area contributed by atoms with Crippen molar-refractivity contribution >= 4 is 23.1 Å². The minimum atomic E-state index is -1.07. The first-order chi connectivity index (χ1) is 8.63. The first-order valence-corrected chi connectivity index (χ1v) is 6.01. The van der Waals surface area contributed by atoms with Crippen molar-refractivity contribution in [3.8, 4) is 5.75 Å². The highest BCUT2D eigenvalue weighted by atomic mass is 32.1. The van der Waals surface area contributed by atoms with Crippen LogP contribution in [0.3, 0.4) is 0 Å². The molecule has 0 aliphatic heterocycles. The van der Waals surface area contributed by atoms with Crippen LogP contribution >= 0.6 is 11.3 Å². The monoisotopic (exact) mass is 262 g/mol. The molecule has 1 aromatic heterocycles. The predicted octanol–water partition coefficient (Wildman–Crippen LogP) is 2.69.